The summed E-state index contributed by atoms with van der Waals surface area (Å²) in [4.78, 5) is 14.0. The minimum Gasteiger partial charge on any atom is -0.334 e. The van der Waals surface area contributed by atoms with E-state index in [1.54, 1.807) is 0 Å². The number of benzene rings is 1. The third-order valence-corrected chi connectivity index (χ3v) is 3.63. The topological polar surface area (TPSA) is 20.3 Å². The number of rotatable bonds is 0. The Kier molecular flexibility index (Phi) is 1.46. The van der Waals surface area contributed by atoms with Gasteiger partial charge in [-0.15, -0.1) is 0 Å². The van der Waals surface area contributed by atoms with Crippen LogP contribution in [0, 0.1) is 0 Å². The Hall–Kier alpha value is -1.57. The van der Waals surface area contributed by atoms with Crippen LogP contribution < -0.4 is 0 Å². The van der Waals surface area contributed by atoms with Crippen LogP contribution in [0.1, 0.15) is 24.1 Å². The zero-order valence-electron chi connectivity index (χ0n) is 8.90. The van der Waals surface area contributed by atoms with Gasteiger partial charge in [0.2, 0.25) is 5.91 Å². The monoisotopic (exact) mass is 199 g/mol. The van der Waals surface area contributed by atoms with Crippen molar-refractivity contribution in [2.24, 2.45) is 0 Å². The van der Waals surface area contributed by atoms with Gasteiger partial charge in [-0.2, -0.15) is 0 Å². The Morgan fingerprint density at radius 3 is 2.87 bits per heavy atom. The van der Waals surface area contributed by atoms with Crippen LogP contribution in [0.15, 0.2) is 36.4 Å². The van der Waals surface area contributed by atoms with E-state index in [0.29, 0.717) is 0 Å². The largest absolute Gasteiger partial charge is 0.334 e. The van der Waals surface area contributed by atoms with Crippen molar-refractivity contribution >= 4 is 5.91 Å². The van der Waals surface area contributed by atoms with Crippen molar-refractivity contribution in [3.8, 4) is 0 Å². The van der Waals surface area contributed by atoms with E-state index < -0.39 is 5.41 Å². The number of fused-ring (bicyclic) bond motifs is 1. The number of amides is 1. The fourth-order valence-corrected chi connectivity index (χ4v) is 2.72. The van der Waals surface area contributed by atoms with E-state index in [2.05, 4.69) is 18.2 Å². The maximum absolute atomic E-state index is 12.1. The van der Waals surface area contributed by atoms with Crippen LogP contribution in [0.4, 0.5) is 0 Å². The van der Waals surface area contributed by atoms with Crippen LogP contribution in [-0.2, 0) is 10.2 Å². The summed E-state index contributed by atoms with van der Waals surface area (Å²) in [6.45, 7) is 2.00. The molecule has 0 N–H and O–H groups in total. The average Bonchev–Trinajstić information content (AvgIpc) is 2.26. The first-order valence-electron chi connectivity index (χ1n) is 5.20. The second kappa shape index (κ2) is 2.51. The summed E-state index contributed by atoms with van der Waals surface area (Å²) in [6.07, 6.45) is 4.17. The quantitative estimate of drug-likeness (QED) is 0.585. The van der Waals surface area contributed by atoms with Crippen LogP contribution in [0.2, 0.25) is 0 Å². The van der Waals surface area contributed by atoms with Crippen LogP contribution in [0.3, 0.4) is 0 Å². The Bertz CT molecular complexity index is 477. The Morgan fingerprint density at radius 1 is 1.33 bits per heavy atom. The molecule has 0 spiro atoms. The lowest BCUT2D eigenvalue weighted by atomic mass is 9.69. The van der Waals surface area contributed by atoms with Crippen LogP contribution in [0.5, 0.6) is 0 Å². The Morgan fingerprint density at radius 2 is 2.07 bits per heavy atom. The van der Waals surface area contributed by atoms with Gasteiger partial charge < -0.3 is 4.90 Å². The molecule has 2 atom stereocenters. The van der Waals surface area contributed by atoms with Crippen molar-refractivity contribution in [2.75, 3.05) is 7.05 Å². The van der Waals surface area contributed by atoms with Gasteiger partial charge in [0.05, 0.1) is 11.5 Å². The summed E-state index contributed by atoms with van der Waals surface area (Å²) < 4.78 is 0. The summed E-state index contributed by atoms with van der Waals surface area (Å²) >= 11 is 0. The zero-order chi connectivity index (χ0) is 10.6. The molecule has 3 aliphatic rings. The van der Waals surface area contributed by atoms with Crippen molar-refractivity contribution in [1.82, 2.24) is 4.90 Å². The number of hydrogen-bond donors (Lipinski definition) is 0. The molecule has 1 aromatic carbocycles. The molecule has 0 unspecified atom stereocenters. The third-order valence-electron chi connectivity index (χ3n) is 3.63. The zero-order valence-corrected chi connectivity index (χ0v) is 8.90. The van der Waals surface area contributed by atoms with Gasteiger partial charge in [0, 0.05) is 7.05 Å². The molecule has 1 aromatic rings. The number of carbonyl (C=O) groups is 1. The lowest BCUT2D eigenvalue weighted by Gasteiger charge is -2.46. The van der Waals surface area contributed by atoms with Gasteiger partial charge in [-0.25, -0.2) is 0 Å². The van der Waals surface area contributed by atoms with E-state index in [4.69, 9.17) is 0 Å². The molecule has 2 bridgehead atoms. The summed E-state index contributed by atoms with van der Waals surface area (Å²) in [7, 11) is 1.88. The molecule has 0 fully saturated rings. The van der Waals surface area contributed by atoms with E-state index >= 15 is 0 Å². The molecular formula is C13H13NO. The smallest absolute Gasteiger partial charge is 0.237 e. The first-order valence-corrected chi connectivity index (χ1v) is 5.20. The highest BCUT2D eigenvalue weighted by Crippen LogP contribution is 2.45. The van der Waals surface area contributed by atoms with Crippen molar-refractivity contribution in [3.63, 3.8) is 0 Å². The van der Waals surface area contributed by atoms with Gasteiger partial charge in [0.1, 0.15) is 0 Å². The molecule has 2 nitrogen and oxygen atoms in total. The van der Waals surface area contributed by atoms with Gasteiger partial charge in [-0.1, -0.05) is 36.4 Å². The van der Waals surface area contributed by atoms with Crippen molar-refractivity contribution in [3.05, 3.63) is 47.5 Å². The second-order valence-corrected chi connectivity index (χ2v) is 4.51. The molecule has 4 rings (SSSR count). The van der Waals surface area contributed by atoms with E-state index in [1.165, 1.54) is 11.1 Å². The predicted octanol–water partition coefficient (Wildman–Crippen LogP) is 2.03. The fraction of sp³-hybridized carbons (Fsp3) is 0.308. The summed E-state index contributed by atoms with van der Waals surface area (Å²) in [5, 5.41) is 0. The SMILES string of the molecule is CN1C(=O)[C@@]2(C)C=C[C@@H]1c1ccccc12. The highest BCUT2D eigenvalue weighted by Gasteiger charge is 2.47. The van der Waals surface area contributed by atoms with Crippen molar-refractivity contribution < 1.29 is 4.79 Å². The van der Waals surface area contributed by atoms with Crippen molar-refractivity contribution in [2.45, 2.75) is 18.4 Å². The van der Waals surface area contributed by atoms with Gasteiger partial charge in [-0.05, 0) is 18.1 Å². The first kappa shape index (κ1) is 8.72. The first-order chi connectivity index (χ1) is 7.14. The molecule has 1 aliphatic carbocycles. The second-order valence-electron chi connectivity index (χ2n) is 4.51. The molecule has 1 amide bonds. The number of hydrogen-bond acceptors (Lipinski definition) is 1. The normalized spacial score (nSPS) is 32.0. The summed E-state index contributed by atoms with van der Waals surface area (Å²) in [5.74, 6) is 0.203. The van der Waals surface area contributed by atoms with Gasteiger partial charge in [0.25, 0.3) is 0 Å². The molecule has 2 heteroatoms. The van der Waals surface area contributed by atoms with Crippen LogP contribution >= 0.6 is 0 Å². The highest BCUT2D eigenvalue weighted by atomic mass is 16.2. The van der Waals surface area contributed by atoms with Crippen LogP contribution in [-0.4, -0.2) is 17.9 Å². The van der Waals surface area contributed by atoms with E-state index in [9.17, 15) is 4.79 Å². The maximum Gasteiger partial charge on any atom is 0.237 e. The lowest BCUT2D eigenvalue weighted by molar-refractivity contribution is -0.137. The molecule has 76 valence electrons. The number of likely N-dealkylation sites (N-methyl/N-ethyl adjacent to an activating group) is 1. The van der Waals surface area contributed by atoms with E-state index in [-0.39, 0.29) is 11.9 Å². The summed E-state index contributed by atoms with van der Waals surface area (Å²) in [5.41, 5.74) is 1.99. The fourth-order valence-electron chi connectivity index (χ4n) is 2.72. The third kappa shape index (κ3) is 0.870. The molecule has 0 saturated carbocycles. The molecule has 0 aromatic heterocycles. The molecule has 0 radical (unpaired) electrons. The van der Waals surface area contributed by atoms with Crippen LogP contribution in [0.25, 0.3) is 0 Å². The van der Waals surface area contributed by atoms with Gasteiger partial charge in [-0.3, -0.25) is 4.79 Å². The Balaban J connectivity index is 2.34. The molecule has 0 saturated heterocycles. The number of nitrogens with zero attached hydrogens (tertiary/aromatic N) is 1. The lowest BCUT2D eigenvalue weighted by Crippen LogP contribution is -2.51. The minimum atomic E-state index is -0.444. The van der Waals surface area contributed by atoms with Crippen molar-refractivity contribution in [1.29, 1.82) is 0 Å². The molecule has 2 heterocycles. The van der Waals surface area contributed by atoms with E-state index in [1.807, 2.05) is 37.1 Å². The Labute approximate surface area is 89.2 Å². The average molecular weight is 199 g/mol. The predicted molar refractivity (Wildman–Crippen MR) is 58.4 cm³/mol. The minimum absolute atomic E-state index is 0.135. The van der Waals surface area contributed by atoms with Gasteiger partial charge in [0.15, 0.2) is 0 Å². The van der Waals surface area contributed by atoms with E-state index in [0.717, 1.165) is 0 Å². The molecule has 15 heavy (non-hydrogen) atoms. The molecule has 2 aliphatic heterocycles. The van der Waals surface area contributed by atoms with Gasteiger partial charge >= 0.3 is 0 Å². The number of carbonyl (C=O) groups excluding carboxylic acids is 1. The maximum atomic E-state index is 12.1. The standard InChI is InChI=1S/C13H13NO/c1-13-8-7-11(14(2)12(13)15)9-5-3-4-6-10(9)13/h3-8,11H,1-2H3/t11-,13+/m1/s1. The highest BCUT2D eigenvalue weighted by molar-refractivity contribution is 5.94. The molecular weight excluding hydrogens is 186 g/mol. The summed E-state index contributed by atoms with van der Waals surface area (Å²) in [6, 6.07) is 8.36.